The molecule has 2 N–H and O–H groups in total. The van der Waals surface area contributed by atoms with Gasteiger partial charge in [-0.05, 0) is 61.5 Å². The Bertz CT molecular complexity index is 444. The van der Waals surface area contributed by atoms with Gasteiger partial charge >= 0.3 is 0 Å². The molecule has 3 unspecified atom stereocenters. The molecule has 0 spiro atoms. The minimum Gasteiger partial charge on any atom is -0.322 e. The van der Waals surface area contributed by atoms with E-state index in [1.54, 1.807) is 0 Å². The highest BCUT2D eigenvalue weighted by Crippen LogP contribution is 2.42. The van der Waals surface area contributed by atoms with Crippen molar-refractivity contribution >= 4 is 15.9 Å². The Hall–Kier alpha value is -0.390. The summed E-state index contributed by atoms with van der Waals surface area (Å²) in [5.41, 5.74) is 7.76. The summed E-state index contributed by atoms with van der Waals surface area (Å²) in [7, 11) is 2.27. The van der Waals surface area contributed by atoms with E-state index in [2.05, 4.69) is 39.9 Å². The van der Waals surface area contributed by atoms with E-state index in [9.17, 15) is 0 Å². The van der Waals surface area contributed by atoms with Gasteiger partial charge in [0.25, 0.3) is 0 Å². The van der Waals surface area contributed by atoms with Crippen LogP contribution in [0.4, 0.5) is 0 Å². The van der Waals surface area contributed by atoms with E-state index in [1.165, 1.54) is 31.4 Å². The molecule has 3 heterocycles. The molecule has 3 rings (SSSR count). The second-order valence-corrected chi connectivity index (χ2v) is 6.86. The molecule has 106 valence electrons. The van der Waals surface area contributed by atoms with Gasteiger partial charge in [-0.3, -0.25) is 4.68 Å². The molecule has 2 aliphatic heterocycles. The number of fused-ring (bicyclic) bond motifs is 2. The minimum absolute atomic E-state index is 0.105. The van der Waals surface area contributed by atoms with Gasteiger partial charge < -0.3 is 10.6 Å². The largest absolute Gasteiger partial charge is 0.322 e. The Morgan fingerprint density at radius 2 is 2.05 bits per heavy atom. The van der Waals surface area contributed by atoms with Crippen LogP contribution in [0.15, 0.2) is 10.7 Å². The van der Waals surface area contributed by atoms with Gasteiger partial charge in [0, 0.05) is 18.6 Å². The number of hydrogen-bond acceptors (Lipinski definition) is 3. The van der Waals surface area contributed by atoms with Crippen molar-refractivity contribution in [3.8, 4) is 0 Å². The first-order chi connectivity index (χ1) is 9.11. The quantitative estimate of drug-likeness (QED) is 0.928. The summed E-state index contributed by atoms with van der Waals surface area (Å²) in [4.78, 5) is 2.56. The maximum atomic E-state index is 6.58. The van der Waals surface area contributed by atoms with E-state index < -0.39 is 0 Å². The van der Waals surface area contributed by atoms with Gasteiger partial charge in [0.2, 0.25) is 0 Å². The zero-order valence-corrected chi connectivity index (χ0v) is 13.3. The molecular weight excluding hydrogens is 304 g/mol. The van der Waals surface area contributed by atoms with Gasteiger partial charge in [0.15, 0.2) is 0 Å². The Morgan fingerprint density at radius 1 is 1.42 bits per heavy atom. The SMILES string of the molecule is CCn1ncc(Br)c1C(N)C1CC2CCC(C1)N2C. The number of hydrogen-bond donors (Lipinski definition) is 1. The van der Waals surface area contributed by atoms with Crippen LogP contribution in [0.5, 0.6) is 0 Å². The normalized spacial score (nSPS) is 32.7. The Morgan fingerprint density at radius 3 is 2.63 bits per heavy atom. The molecule has 5 heteroatoms. The number of rotatable bonds is 3. The lowest BCUT2D eigenvalue weighted by Gasteiger charge is -2.38. The Labute approximate surface area is 123 Å². The second-order valence-electron chi connectivity index (χ2n) is 6.00. The summed E-state index contributed by atoms with van der Waals surface area (Å²) in [6.45, 7) is 3.00. The van der Waals surface area contributed by atoms with E-state index in [-0.39, 0.29) is 6.04 Å². The molecule has 2 bridgehead atoms. The minimum atomic E-state index is 0.105. The predicted octanol–water partition coefficient (Wildman–Crippen LogP) is 2.54. The summed E-state index contributed by atoms with van der Waals surface area (Å²) < 4.78 is 3.10. The Kier molecular flexibility index (Phi) is 3.71. The van der Waals surface area contributed by atoms with Crippen molar-refractivity contribution in [2.24, 2.45) is 11.7 Å². The van der Waals surface area contributed by atoms with Crippen molar-refractivity contribution in [2.45, 2.75) is 57.3 Å². The van der Waals surface area contributed by atoms with E-state index in [0.29, 0.717) is 5.92 Å². The molecule has 0 aromatic carbocycles. The first-order valence-corrected chi connectivity index (χ1v) is 8.09. The molecule has 2 fully saturated rings. The first-order valence-electron chi connectivity index (χ1n) is 7.30. The first kappa shape index (κ1) is 13.6. The summed E-state index contributed by atoms with van der Waals surface area (Å²) in [6.07, 6.45) is 7.03. The lowest BCUT2D eigenvalue weighted by Crippen LogP contribution is -2.43. The van der Waals surface area contributed by atoms with Crippen LogP contribution in [0.3, 0.4) is 0 Å². The third kappa shape index (κ3) is 2.26. The van der Waals surface area contributed by atoms with Gasteiger partial charge in [0.05, 0.1) is 22.4 Å². The lowest BCUT2D eigenvalue weighted by molar-refractivity contribution is 0.119. The molecular formula is C14H23BrN4. The Balaban J connectivity index is 1.81. The molecule has 3 atom stereocenters. The van der Waals surface area contributed by atoms with Gasteiger partial charge in [0.1, 0.15) is 0 Å². The molecule has 4 nitrogen and oxygen atoms in total. The molecule has 0 saturated carbocycles. The maximum Gasteiger partial charge on any atom is 0.0696 e. The smallest absolute Gasteiger partial charge is 0.0696 e. The number of halogens is 1. The molecule has 0 amide bonds. The van der Waals surface area contributed by atoms with Crippen molar-refractivity contribution in [2.75, 3.05) is 7.05 Å². The van der Waals surface area contributed by atoms with Crippen LogP contribution in [-0.4, -0.2) is 33.8 Å². The summed E-state index contributed by atoms with van der Waals surface area (Å²) in [6, 6.07) is 1.59. The third-order valence-corrected chi connectivity index (χ3v) is 5.70. The average molecular weight is 327 g/mol. The summed E-state index contributed by atoms with van der Waals surface area (Å²) >= 11 is 3.61. The molecule has 19 heavy (non-hydrogen) atoms. The summed E-state index contributed by atoms with van der Waals surface area (Å²) in [5, 5.41) is 4.40. The van der Waals surface area contributed by atoms with Crippen LogP contribution in [0.2, 0.25) is 0 Å². The monoisotopic (exact) mass is 326 g/mol. The van der Waals surface area contributed by atoms with E-state index in [1.807, 2.05) is 10.9 Å². The van der Waals surface area contributed by atoms with Crippen molar-refractivity contribution in [3.05, 3.63) is 16.4 Å². The van der Waals surface area contributed by atoms with Crippen molar-refractivity contribution in [3.63, 3.8) is 0 Å². The van der Waals surface area contributed by atoms with Crippen molar-refractivity contribution in [1.29, 1.82) is 0 Å². The average Bonchev–Trinajstić information content (AvgIpc) is 2.84. The van der Waals surface area contributed by atoms with E-state index in [0.717, 1.165) is 23.1 Å². The fraction of sp³-hybridized carbons (Fsp3) is 0.786. The zero-order valence-electron chi connectivity index (χ0n) is 11.7. The van der Waals surface area contributed by atoms with Gasteiger partial charge in [-0.15, -0.1) is 0 Å². The topological polar surface area (TPSA) is 47.1 Å². The molecule has 0 radical (unpaired) electrons. The van der Waals surface area contributed by atoms with Crippen molar-refractivity contribution < 1.29 is 0 Å². The van der Waals surface area contributed by atoms with Crippen LogP contribution in [0, 0.1) is 5.92 Å². The van der Waals surface area contributed by atoms with Crippen LogP contribution in [0.25, 0.3) is 0 Å². The second kappa shape index (κ2) is 5.19. The molecule has 2 saturated heterocycles. The third-order valence-electron chi connectivity index (χ3n) is 5.09. The number of aryl methyl sites for hydroxylation is 1. The van der Waals surface area contributed by atoms with Crippen LogP contribution in [0.1, 0.15) is 44.3 Å². The highest BCUT2D eigenvalue weighted by molar-refractivity contribution is 9.10. The van der Waals surface area contributed by atoms with Gasteiger partial charge in [-0.25, -0.2) is 0 Å². The lowest BCUT2D eigenvalue weighted by atomic mass is 9.84. The highest BCUT2D eigenvalue weighted by atomic mass is 79.9. The number of nitrogens with two attached hydrogens (primary N) is 1. The number of aromatic nitrogens is 2. The molecule has 1 aromatic rings. The van der Waals surface area contributed by atoms with Crippen LogP contribution >= 0.6 is 15.9 Å². The summed E-state index contributed by atoms with van der Waals surface area (Å²) in [5.74, 6) is 0.590. The fourth-order valence-electron chi connectivity index (χ4n) is 3.93. The molecule has 1 aromatic heterocycles. The number of nitrogens with zero attached hydrogens (tertiary/aromatic N) is 3. The molecule has 0 aliphatic carbocycles. The fourth-order valence-corrected chi connectivity index (χ4v) is 4.49. The van der Waals surface area contributed by atoms with Gasteiger partial charge in [-0.2, -0.15) is 5.10 Å². The number of piperidine rings is 1. The van der Waals surface area contributed by atoms with E-state index in [4.69, 9.17) is 5.73 Å². The standard InChI is InChI=1S/C14H23BrN4/c1-3-19-14(12(15)8-17-19)13(16)9-6-10-4-5-11(7-9)18(10)2/h8-11,13H,3-7,16H2,1-2H3. The van der Waals surface area contributed by atoms with Gasteiger partial charge in [-0.1, -0.05) is 0 Å². The molecule has 2 aliphatic rings. The van der Waals surface area contributed by atoms with Crippen LogP contribution in [-0.2, 0) is 6.54 Å². The van der Waals surface area contributed by atoms with Crippen LogP contribution < -0.4 is 5.73 Å². The van der Waals surface area contributed by atoms with Crippen molar-refractivity contribution in [1.82, 2.24) is 14.7 Å². The van der Waals surface area contributed by atoms with E-state index >= 15 is 0 Å². The maximum absolute atomic E-state index is 6.58. The predicted molar refractivity (Wildman–Crippen MR) is 79.8 cm³/mol. The zero-order chi connectivity index (χ0) is 13.6. The highest BCUT2D eigenvalue weighted by Gasteiger charge is 2.41.